The summed E-state index contributed by atoms with van der Waals surface area (Å²) in [4.78, 5) is 0. The van der Waals surface area contributed by atoms with Crippen molar-refractivity contribution in [1.82, 2.24) is 14.8 Å². The van der Waals surface area contributed by atoms with Crippen molar-refractivity contribution in [1.29, 1.82) is 0 Å². The van der Waals surface area contributed by atoms with Crippen molar-refractivity contribution in [3.8, 4) is 17.1 Å². The molecule has 4 nitrogen and oxygen atoms in total. The SMILES string of the molecule is Clc1nnc(-c2ccccc2)n1CCOc1ccccc1. The van der Waals surface area contributed by atoms with E-state index in [0.717, 1.165) is 17.1 Å². The molecular weight excluding hydrogens is 286 g/mol. The Morgan fingerprint density at radius 1 is 0.905 bits per heavy atom. The Kier molecular flexibility index (Phi) is 4.17. The van der Waals surface area contributed by atoms with Gasteiger partial charge in [0.2, 0.25) is 5.28 Å². The van der Waals surface area contributed by atoms with Crippen molar-refractivity contribution in [2.45, 2.75) is 6.54 Å². The molecule has 0 amide bonds. The molecule has 106 valence electrons. The average Bonchev–Trinajstić information content (AvgIpc) is 2.91. The van der Waals surface area contributed by atoms with Gasteiger partial charge in [-0.25, -0.2) is 0 Å². The molecule has 3 rings (SSSR count). The largest absolute Gasteiger partial charge is 0.492 e. The smallest absolute Gasteiger partial charge is 0.225 e. The number of nitrogens with zero attached hydrogens (tertiary/aromatic N) is 3. The number of para-hydroxylation sites is 1. The highest BCUT2D eigenvalue weighted by molar-refractivity contribution is 6.28. The zero-order valence-electron chi connectivity index (χ0n) is 11.3. The third-order valence-corrected chi connectivity index (χ3v) is 3.34. The third kappa shape index (κ3) is 3.23. The molecule has 0 unspecified atom stereocenters. The van der Waals surface area contributed by atoms with E-state index < -0.39 is 0 Å². The number of benzene rings is 2. The number of halogens is 1. The van der Waals surface area contributed by atoms with Crippen LogP contribution in [0, 0.1) is 0 Å². The standard InChI is InChI=1S/C16H14ClN3O/c17-16-19-18-15(13-7-3-1-4-8-13)20(16)11-12-21-14-9-5-2-6-10-14/h1-10H,11-12H2. The minimum Gasteiger partial charge on any atom is -0.492 e. The van der Waals surface area contributed by atoms with Gasteiger partial charge in [0, 0.05) is 5.56 Å². The third-order valence-electron chi connectivity index (χ3n) is 3.06. The molecule has 0 spiro atoms. The van der Waals surface area contributed by atoms with Crippen LogP contribution in [0.25, 0.3) is 11.4 Å². The number of rotatable bonds is 5. The lowest BCUT2D eigenvalue weighted by Gasteiger charge is -2.09. The van der Waals surface area contributed by atoms with Crippen molar-refractivity contribution >= 4 is 11.6 Å². The molecule has 0 bridgehead atoms. The summed E-state index contributed by atoms with van der Waals surface area (Å²) < 4.78 is 7.54. The van der Waals surface area contributed by atoms with Crippen LogP contribution in [0.4, 0.5) is 0 Å². The Morgan fingerprint density at radius 3 is 2.29 bits per heavy atom. The van der Waals surface area contributed by atoms with Crippen molar-refractivity contribution in [3.05, 3.63) is 65.9 Å². The van der Waals surface area contributed by atoms with Gasteiger partial charge in [0.15, 0.2) is 5.82 Å². The van der Waals surface area contributed by atoms with Crippen LogP contribution in [0.3, 0.4) is 0 Å². The van der Waals surface area contributed by atoms with Gasteiger partial charge in [-0.1, -0.05) is 48.5 Å². The summed E-state index contributed by atoms with van der Waals surface area (Å²) in [5.41, 5.74) is 0.983. The molecule has 21 heavy (non-hydrogen) atoms. The lowest BCUT2D eigenvalue weighted by atomic mass is 10.2. The average molecular weight is 300 g/mol. The highest BCUT2D eigenvalue weighted by Crippen LogP contribution is 2.20. The van der Waals surface area contributed by atoms with Crippen LogP contribution in [0.1, 0.15) is 0 Å². The van der Waals surface area contributed by atoms with E-state index in [9.17, 15) is 0 Å². The zero-order chi connectivity index (χ0) is 14.5. The van der Waals surface area contributed by atoms with E-state index >= 15 is 0 Å². The van der Waals surface area contributed by atoms with Gasteiger partial charge in [0.05, 0.1) is 6.54 Å². The van der Waals surface area contributed by atoms with E-state index in [4.69, 9.17) is 16.3 Å². The molecule has 0 atom stereocenters. The first-order chi connectivity index (χ1) is 10.3. The first kappa shape index (κ1) is 13.6. The summed E-state index contributed by atoms with van der Waals surface area (Å²) in [6.45, 7) is 1.09. The minimum atomic E-state index is 0.366. The Morgan fingerprint density at radius 2 is 1.57 bits per heavy atom. The van der Waals surface area contributed by atoms with Crippen LogP contribution >= 0.6 is 11.6 Å². The molecule has 0 N–H and O–H groups in total. The summed E-state index contributed by atoms with van der Waals surface area (Å²) in [7, 11) is 0. The number of aromatic nitrogens is 3. The van der Waals surface area contributed by atoms with E-state index in [1.54, 1.807) is 0 Å². The fourth-order valence-corrected chi connectivity index (χ4v) is 2.26. The minimum absolute atomic E-state index is 0.366. The van der Waals surface area contributed by atoms with E-state index in [1.807, 2.05) is 65.2 Å². The first-order valence-corrected chi connectivity index (χ1v) is 7.04. The molecule has 0 fully saturated rings. The van der Waals surface area contributed by atoms with Crippen LogP contribution in [0.2, 0.25) is 5.28 Å². The maximum absolute atomic E-state index is 6.11. The first-order valence-electron chi connectivity index (χ1n) is 6.66. The predicted octanol–water partition coefficient (Wildman–Crippen LogP) is 3.68. The van der Waals surface area contributed by atoms with Crippen LogP contribution in [0.5, 0.6) is 5.75 Å². The maximum Gasteiger partial charge on any atom is 0.225 e. The molecule has 0 aliphatic rings. The predicted molar refractivity (Wildman–Crippen MR) is 82.4 cm³/mol. The van der Waals surface area contributed by atoms with Gasteiger partial charge in [-0.15, -0.1) is 10.2 Å². The number of ether oxygens (including phenoxy) is 1. The maximum atomic E-state index is 6.11. The molecule has 2 aromatic carbocycles. The monoisotopic (exact) mass is 299 g/mol. The summed E-state index contributed by atoms with van der Waals surface area (Å²) in [6.07, 6.45) is 0. The van der Waals surface area contributed by atoms with Crippen molar-refractivity contribution in [2.75, 3.05) is 6.61 Å². The van der Waals surface area contributed by atoms with Gasteiger partial charge in [0.1, 0.15) is 12.4 Å². The molecule has 0 saturated heterocycles. The molecule has 0 aliphatic carbocycles. The summed E-state index contributed by atoms with van der Waals surface area (Å²) >= 11 is 6.11. The van der Waals surface area contributed by atoms with Crippen molar-refractivity contribution < 1.29 is 4.74 Å². The highest BCUT2D eigenvalue weighted by atomic mass is 35.5. The highest BCUT2D eigenvalue weighted by Gasteiger charge is 2.11. The van der Waals surface area contributed by atoms with Gasteiger partial charge in [-0.05, 0) is 23.7 Å². The van der Waals surface area contributed by atoms with Crippen LogP contribution in [-0.4, -0.2) is 21.4 Å². The molecule has 3 aromatic rings. The molecule has 0 saturated carbocycles. The van der Waals surface area contributed by atoms with Crippen LogP contribution < -0.4 is 4.74 Å². The van der Waals surface area contributed by atoms with E-state index in [1.165, 1.54) is 0 Å². The van der Waals surface area contributed by atoms with E-state index in [2.05, 4.69) is 10.2 Å². The van der Waals surface area contributed by atoms with Crippen molar-refractivity contribution in [2.24, 2.45) is 0 Å². The Bertz CT molecular complexity index is 698. The summed E-state index contributed by atoms with van der Waals surface area (Å²) in [6, 6.07) is 19.5. The number of hydrogen-bond acceptors (Lipinski definition) is 3. The lowest BCUT2D eigenvalue weighted by Crippen LogP contribution is -2.09. The van der Waals surface area contributed by atoms with Gasteiger partial charge < -0.3 is 4.74 Å². The van der Waals surface area contributed by atoms with Gasteiger partial charge in [0.25, 0.3) is 0 Å². The topological polar surface area (TPSA) is 39.9 Å². The second kappa shape index (κ2) is 6.41. The van der Waals surface area contributed by atoms with Gasteiger partial charge in [-0.2, -0.15) is 0 Å². The second-order valence-corrected chi connectivity index (χ2v) is 4.81. The normalized spacial score (nSPS) is 10.5. The van der Waals surface area contributed by atoms with Crippen LogP contribution in [0.15, 0.2) is 60.7 Å². The van der Waals surface area contributed by atoms with Crippen LogP contribution in [-0.2, 0) is 6.54 Å². The van der Waals surface area contributed by atoms with Gasteiger partial charge >= 0.3 is 0 Å². The Hall–Kier alpha value is -2.33. The fraction of sp³-hybridized carbons (Fsp3) is 0.125. The molecule has 0 radical (unpaired) electrons. The second-order valence-electron chi connectivity index (χ2n) is 4.47. The Labute approximate surface area is 128 Å². The quantitative estimate of drug-likeness (QED) is 0.721. The molecule has 1 aromatic heterocycles. The molecule has 1 heterocycles. The summed E-state index contributed by atoms with van der Waals surface area (Å²) in [5, 5.41) is 8.44. The Balaban J connectivity index is 1.72. The molecular formula is C16H14ClN3O. The van der Waals surface area contributed by atoms with E-state index in [-0.39, 0.29) is 0 Å². The lowest BCUT2D eigenvalue weighted by molar-refractivity contribution is 0.299. The number of hydrogen-bond donors (Lipinski definition) is 0. The molecule has 0 aliphatic heterocycles. The summed E-state index contributed by atoms with van der Waals surface area (Å²) in [5.74, 6) is 1.58. The van der Waals surface area contributed by atoms with Gasteiger partial charge in [-0.3, -0.25) is 4.57 Å². The fourth-order valence-electron chi connectivity index (χ4n) is 2.05. The zero-order valence-corrected chi connectivity index (χ0v) is 12.1. The van der Waals surface area contributed by atoms with Crippen molar-refractivity contribution in [3.63, 3.8) is 0 Å². The van der Waals surface area contributed by atoms with E-state index in [0.29, 0.717) is 18.4 Å². The molecule has 5 heteroatoms.